The highest BCUT2D eigenvalue weighted by Crippen LogP contribution is 2.23. The first-order valence-corrected chi connectivity index (χ1v) is 9.42. The predicted octanol–water partition coefficient (Wildman–Crippen LogP) is 4.67. The quantitative estimate of drug-likeness (QED) is 0.624. The third-order valence-electron chi connectivity index (χ3n) is 4.19. The van der Waals surface area contributed by atoms with Gasteiger partial charge in [-0.2, -0.15) is 0 Å². The van der Waals surface area contributed by atoms with Crippen LogP contribution in [0.1, 0.15) is 41.8 Å². The molecular formula is C24H22N2O3. The maximum atomic E-state index is 11.5. The van der Waals surface area contributed by atoms with Crippen molar-refractivity contribution in [1.29, 1.82) is 0 Å². The van der Waals surface area contributed by atoms with Crippen molar-refractivity contribution in [3.05, 3.63) is 77.6 Å². The molecule has 0 amide bonds. The van der Waals surface area contributed by atoms with Gasteiger partial charge in [-0.25, -0.2) is 9.78 Å². The molecule has 0 saturated carbocycles. The van der Waals surface area contributed by atoms with Gasteiger partial charge in [-0.1, -0.05) is 37.8 Å². The fourth-order valence-electron chi connectivity index (χ4n) is 2.56. The minimum Gasteiger partial charge on any atom is -0.478 e. The molecule has 1 aromatic carbocycles. The van der Waals surface area contributed by atoms with Crippen LogP contribution in [-0.2, 0) is 0 Å². The number of rotatable bonds is 6. The van der Waals surface area contributed by atoms with Crippen LogP contribution in [0.15, 0.2) is 60.9 Å². The zero-order chi connectivity index (χ0) is 20.6. The van der Waals surface area contributed by atoms with Gasteiger partial charge in [0.25, 0.3) is 0 Å². The van der Waals surface area contributed by atoms with Gasteiger partial charge in [0.15, 0.2) is 0 Å². The number of carbonyl (C=O) groups is 1. The van der Waals surface area contributed by atoms with E-state index in [0.717, 1.165) is 23.1 Å². The molecule has 0 atom stereocenters. The fourth-order valence-corrected chi connectivity index (χ4v) is 2.56. The Balaban J connectivity index is 1.82. The first-order valence-electron chi connectivity index (χ1n) is 9.42. The standard InChI is InChI=1S/C24H22N2O3/c1-17(2)11-13-29-23-15-21(24(27)28)14-22(26-23)20-9-7-18(8-10-20)5-6-19-4-3-12-25-16-19/h3-4,7-10,12,14-17H,11,13H2,1-2H3,(H,27,28). The third kappa shape index (κ3) is 5.91. The second-order valence-electron chi connectivity index (χ2n) is 6.98. The van der Waals surface area contributed by atoms with Crippen LogP contribution in [0.25, 0.3) is 11.3 Å². The van der Waals surface area contributed by atoms with Gasteiger partial charge < -0.3 is 9.84 Å². The molecule has 0 spiro atoms. The van der Waals surface area contributed by atoms with Crippen LogP contribution in [0.4, 0.5) is 0 Å². The van der Waals surface area contributed by atoms with Crippen LogP contribution in [0.2, 0.25) is 0 Å². The molecule has 0 bridgehead atoms. The Bertz CT molecular complexity index is 1030. The molecule has 2 aromatic heterocycles. The largest absolute Gasteiger partial charge is 0.478 e. The minimum absolute atomic E-state index is 0.148. The van der Waals surface area contributed by atoms with Gasteiger partial charge in [-0.3, -0.25) is 4.98 Å². The van der Waals surface area contributed by atoms with Gasteiger partial charge in [-0.15, -0.1) is 0 Å². The SMILES string of the molecule is CC(C)CCOc1cc(C(=O)O)cc(-c2ccc(C#Cc3cccnc3)cc2)n1. The molecule has 3 rings (SSSR count). The number of hydrogen-bond donors (Lipinski definition) is 1. The van der Waals surface area contributed by atoms with Gasteiger partial charge in [0.2, 0.25) is 5.88 Å². The van der Waals surface area contributed by atoms with Crippen molar-refractivity contribution in [2.45, 2.75) is 20.3 Å². The Morgan fingerprint density at radius 2 is 1.86 bits per heavy atom. The third-order valence-corrected chi connectivity index (χ3v) is 4.19. The summed E-state index contributed by atoms with van der Waals surface area (Å²) >= 11 is 0. The molecule has 29 heavy (non-hydrogen) atoms. The van der Waals surface area contributed by atoms with E-state index in [0.29, 0.717) is 24.1 Å². The molecule has 3 aromatic rings. The van der Waals surface area contributed by atoms with Crippen LogP contribution in [0, 0.1) is 17.8 Å². The molecule has 0 fully saturated rings. The van der Waals surface area contributed by atoms with E-state index in [4.69, 9.17) is 4.74 Å². The molecule has 0 radical (unpaired) electrons. The second kappa shape index (κ2) is 9.52. The lowest BCUT2D eigenvalue weighted by molar-refractivity contribution is 0.0696. The Morgan fingerprint density at radius 3 is 2.52 bits per heavy atom. The number of hydrogen-bond acceptors (Lipinski definition) is 4. The summed E-state index contributed by atoms with van der Waals surface area (Å²) in [5, 5.41) is 9.41. The van der Waals surface area contributed by atoms with Crippen molar-refractivity contribution >= 4 is 5.97 Å². The predicted molar refractivity (Wildman–Crippen MR) is 112 cm³/mol. The molecule has 5 heteroatoms. The molecule has 0 unspecified atom stereocenters. The summed E-state index contributed by atoms with van der Waals surface area (Å²) in [5.41, 5.74) is 3.19. The normalized spacial score (nSPS) is 10.3. The van der Waals surface area contributed by atoms with E-state index in [1.807, 2.05) is 36.4 Å². The first-order chi connectivity index (χ1) is 14.0. The highest BCUT2D eigenvalue weighted by Gasteiger charge is 2.11. The monoisotopic (exact) mass is 386 g/mol. The number of aromatic carboxylic acids is 1. The van der Waals surface area contributed by atoms with Gasteiger partial charge in [-0.05, 0) is 42.7 Å². The number of carboxylic acids is 1. The van der Waals surface area contributed by atoms with Crippen molar-refractivity contribution in [3.63, 3.8) is 0 Å². The van der Waals surface area contributed by atoms with E-state index in [1.165, 1.54) is 6.07 Å². The summed E-state index contributed by atoms with van der Waals surface area (Å²) in [6.45, 7) is 4.71. The Hall–Kier alpha value is -3.65. The number of carboxylic acid groups (broad SMARTS) is 1. The van der Waals surface area contributed by atoms with Crippen LogP contribution in [0.5, 0.6) is 5.88 Å². The lowest BCUT2D eigenvalue weighted by Crippen LogP contribution is -2.05. The molecule has 0 aliphatic heterocycles. The lowest BCUT2D eigenvalue weighted by atomic mass is 10.1. The summed E-state index contributed by atoms with van der Waals surface area (Å²) in [5.74, 6) is 5.95. The maximum absolute atomic E-state index is 11.5. The van der Waals surface area contributed by atoms with Crippen molar-refractivity contribution in [1.82, 2.24) is 9.97 Å². The van der Waals surface area contributed by atoms with Crippen LogP contribution in [0.3, 0.4) is 0 Å². The highest BCUT2D eigenvalue weighted by atomic mass is 16.5. The van der Waals surface area contributed by atoms with Crippen LogP contribution < -0.4 is 4.74 Å². The van der Waals surface area contributed by atoms with Crippen molar-refractivity contribution < 1.29 is 14.6 Å². The highest BCUT2D eigenvalue weighted by molar-refractivity contribution is 5.89. The minimum atomic E-state index is -1.01. The van der Waals surface area contributed by atoms with Crippen LogP contribution >= 0.6 is 0 Å². The zero-order valence-electron chi connectivity index (χ0n) is 16.4. The van der Waals surface area contributed by atoms with E-state index < -0.39 is 5.97 Å². The zero-order valence-corrected chi connectivity index (χ0v) is 16.4. The van der Waals surface area contributed by atoms with E-state index in [-0.39, 0.29) is 5.56 Å². The van der Waals surface area contributed by atoms with E-state index in [2.05, 4.69) is 35.7 Å². The second-order valence-corrected chi connectivity index (χ2v) is 6.98. The molecular weight excluding hydrogens is 364 g/mol. The Morgan fingerprint density at radius 1 is 1.10 bits per heavy atom. The van der Waals surface area contributed by atoms with E-state index >= 15 is 0 Å². The Kier molecular flexibility index (Phi) is 6.59. The number of nitrogens with zero attached hydrogens (tertiary/aromatic N) is 2. The first kappa shape index (κ1) is 20.1. The molecule has 1 N–H and O–H groups in total. The van der Waals surface area contributed by atoms with Crippen LogP contribution in [-0.4, -0.2) is 27.7 Å². The number of aromatic nitrogens is 2. The van der Waals surface area contributed by atoms with Crippen molar-refractivity contribution in [2.24, 2.45) is 5.92 Å². The number of pyridine rings is 2. The molecule has 2 heterocycles. The smallest absolute Gasteiger partial charge is 0.335 e. The summed E-state index contributed by atoms with van der Waals surface area (Å²) in [7, 11) is 0. The van der Waals surface area contributed by atoms with E-state index in [9.17, 15) is 9.90 Å². The average Bonchev–Trinajstić information content (AvgIpc) is 2.73. The topological polar surface area (TPSA) is 72.3 Å². The Labute approximate surface area is 170 Å². The number of ether oxygens (including phenoxy) is 1. The fraction of sp³-hybridized carbons (Fsp3) is 0.208. The number of benzene rings is 1. The maximum Gasteiger partial charge on any atom is 0.335 e. The van der Waals surface area contributed by atoms with Gasteiger partial charge in [0.1, 0.15) is 0 Å². The molecule has 0 aliphatic rings. The summed E-state index contributed by atoms with van der Waals surface area (Å²) in [4.78, 5) is 20.0. The summed E-state index contributed by atoms with van der Waals surface area (Å²) < 4.78 is 5.68. The molecule has 0 saturated heterocycles. The van der Waals surface area contributed by atoms with Gasteiger partial charge >= 0.3 is 5.97 Å². The van der Waals surface area contributed by atoms with Gasteiger partial charge in [0, 0.05) is 35.2 Å². The summed E-state index contributed by atoms with van der Waals surface area (Å²) in [6, 6.07) is 14.3. The molecule has 5 nitrogen and oxygen atoms in total. The van der Waals surface area contributed by atoms with Crippen molar-refractivity contribution in [2.75, 3.05) is 6.61 Å². The molecule has 0 aliphatic carbocycles. The van der Waals surface area contributed by atoms with E-state index in [1.54, 1.807) is 18.5 Å². The van der Waals surface area contributed by atoms with Gasteiger partial charge in [0.05, 0.1) is 17.9 Å². The average molecular weight is 386 g/mol. The lowest BCUT2D eigenvalue weighted by Gasteiger charge is -2.10. The van der Waals surface area contributed by atoms with Crippen molar-refractivity contribution in [3.8, 4) is 29.0 Å². The summed E-state index contributed by atoms with van der Waals surface area (Å²) in [6.07, 6.45) is 4.29. The molecule has 146 valence electrons.